The fraction of sp³-hybridized carbons (Fsp3) is 0.786. The maximum absolute atomic E-state index is 12.5. The van der Waals surface area contributed by atoms with Gasteiger partial charge in [-0.3, -0.25) is 5.32 Å². The molecule has 2 atom stereocenters. The first kappa shape index (κ1) is 18.9. The van der Waals surface area contributed by atoms with Crippen LogP contribution in [0.5, 0.6) is 0 Å². The minimum Gasteiger partial charge on any atom is -0.394 e. The SMILES string of the molecule is CC1CC(C)(C)CC(CO)(NC(=O)Nc2nnc(C(F)(F)F)s2)C1. The van der Waals surface area contributed by atoms with Gasteiger partial charge in [-0.1, -0.05) is 32.1 Å². The molecule has 10 heteroatoms. The highest BCUT2D eigenvalue weighted by atomic mass is 32.1. The number of halogens is 3. The van der Waals surface area contributed by atoms with Gasteiger partial charge in [0.05, 0.1) is 12.1 Å². The Morgan fingerprint density at radius 3 is 2.54 bits per heavy atom. The van der Waals surface area contributed by atoms with Gasteiger partial charge >= 0.3 is 12.2 Å². The van der Waals surface area contributed by atoms with Crippen molar-refractivity contribution in [2.45, 2.75) is 51.7 Å². The molecule has 0 spiro atoms. The van der Waals surface area contributed by atoms with Crippen LogP contribution in [0.4, 0.5) is 23.1 Å². The lowest BCUT2D eigenvalue weighted by Gasteiger charge is -2.47. The summed E-state index contributed by atoms with van der Waals surface area (Å²) in [5.41, 5.74) is -0.858. The molecule has 1 aromatic rings. The molecule has 2 unspecified atom stereocenters. The lowest BCUT2D eigenvalue weighted by atomic mass is 9.64. The first-order valence-corrected chi connectivity index (χ1v) is 8.37. The van der Waals surface area contributed by atoms with Gasteiger partial charge < -0.3 is 10.4 Å². The molecule has 3 N–H and O–H groups in total. The third kappa shape index (κ3) is 4.56. The van der Waals surface area contributed by atoms with Gasteiger partial charge in [-0.15, -0.1) is 10.2 Å². The summed E-state index contributed by atoms with van der Waals surface area (Å²) in [6.07, 6.45) is -2.44. The highest BCUT2D eigenvalue weighted by Gasteiger charge is 2.43. The summed E-state index contributed by atoms with van der Waals surface area (Å²) in [7, 11) is 0. The molecule has 0 aliphatic heterocycles. The number of aromatic nitrogens is 2. The number of amides is 2. The van der Waals surface area contributed by atoms with E-state index < -0.39 is 22.8 Å². The molecule has 1 aliphatic rings. The van der Waals surface area contributed by atoms with E-state index in [9.17, 15) is 23.1 Å². The molecule has 0 saturated heterocycles. The monoisotopic (exact) mass is 366 g/mol. The van der Waals surface area contributed by atoms with Crippen molar-refractivity contribution >= 4 is 22.5 Å². The Balaban J connectivity index is 2.06. The fourth-order valence-electron chi connectivity index (χ4n) is 3.76. The Kier molecular flexibility index (Phi) is 5.10. The summed E-state index contributed by atoms with van der Waals surface area (Å²) < 4.78 is 37.5. The summed E-state index contributed by atoms with van der Waals surface area (Å²) in [6.45, 7) is 5.93. The Morgan fingerprint density at radius 1 is 1.38 bits per heavy atom. The van der Waals surface area contributed by atoms with Crippen molar-refractivity contribution in [2.75, 3.05) is 11.9 Å². The third-order valence-corrected chi connectivity index (χ3v) is 4.91. The summed E-state index contributed by atoms with van der Waals surface area (Å²) in [5.74, 6) is 0.305. The molecule has 24 heavy (non-hydrogen) atoms. The summed E-state index contributed by atoms with van der Waals surface area (Å²) in [4.78, 5) is 12.1. The van der Waals surface area contributed by atoms with Crippen molar-refractivity contribution in [2.24, 2.45) is 11.3 Å². The molecule has 0 bridgehead atoms. The van der Waals surface area contributed by atoms with Crippen LogP contribution in [-0.2, 0) is 6.18 Å². The number of hydrogen-bond donors (Lipinski definition) is 3. The van der Waals surface area contributed by atoms with Gasteiger partial charge in [0.15, 0.2) is 0 Å². The molecule has 6 nitrogen and oxygen atoms in total. The van der Waals surface area contributed by atoms with E-state index in [1.165, 1.54) is 0 Å². The number of carbonyl (C=O) groups excluding carboxylic acids is 1. The van der Waals surface area contributed by atoms with E-state index in [0.717, 1.165) is 6.42 Å². The van der Waals surface area contributed by atoms with Gasteiger partial charge in [-0.05, 0) is 30.6 Å². The van der Waals surface area contributed by atoms with Crippen LogP contribution < -0.4 is 10.6 Å². The maximum Gasteiger partial charge on any atom is 0.445 e. The largest absolute Gasteiger partial charge is 0.445 e. The molecular weight excluding hydrogens is 345 g/mol. The molecule has 1 saturated carbocycles. The van der Waals surface area contributed by atoms with Gasteiger partial charge in [0, 0.05) is 0 Å². The lowest BCUT2D eigenvalue weighted by molar-refractivity contribution is -0.138. The second-order valence-corrected chi connectivity index (χ2v) is 8.26. The van der Waals surface area contributed by atoms with Gasteiger partial charge in [0.2, 0.25) is 10.1 Å². The first-order chi connectivity index (χ1) is 10.9. The number of anilines is 1. The third-order valence-electron chi connectivity index (χ3n) is 4.03. The number of nitrogens with zero attached hydrogens (tertiary/aromatic N) is 2. The Labute approximate surface area is 141 Å². The average molecular weight is 366 g/mol. The van der Waals surface area contributed by atoms with Gasteiger partial charge in [0.1, 0.15) is 0 Å². The van der Waals surface area contributed by atoms with Crippen LogP contribution in [0.3, 0.4) is 0 Å². The molecule has 136 valence electrons. The molecule has 1 fully saturated rings. The van der Waals surface area contributed by atoms with Gasteiger partial charge in [-0.25, -0.2) is 4.79 Å². The second-order valence-electron chi connectivity index (χ2n) is 7.28. The van der Waals surface area contributed by atoms with Crippen molar-refractivity contribution in [3.05, 3.63) is 5.01 Å². The molecule has 0 radical (unpaired) electrons. The average Bonchev–Trinajstić information content (AvgIpc) is 2.84. The normalized spacial score (nSPS) is 26.9. The van der Waals surface area contributed by atoms with Crippen LogP contribution in [-0.4, -0.2) is 33.5 Å². The number of aliphatic hydroxyl groups excluding tert-OH is 1. The molecule has 2 amide bonds. The number of aliphatic hydroxyl groups is 1. The van der Waals surface area contributed by atoms with E-state index in [-0.39, 0.29) is 28.5 Å². The smallest absolute Gasteiger partial charge is 0.394 e. The molecule has 1 aliphatic carbocycles. The zero-order valence-corrected chi connectivity index (χ0v) is 14.5. The Hall–Kier alpha value is -1.42. The van der Waals surface area contributed by atoms with Crippen molar-refractivity contribution in [1.29, 1.82) is 0 Å². The summed E-state index contributed by atoms with van der Waals surface area (Å²) in [5, 5.41) is 19.8. The van der Waals surface area contributed by atoms with E-state index in [0.29, 0.717) is 18.8 Å². The number of rotatable bonds is 3. The fourth-order valence-corrected chi connectivity index (χ4v) is 4.36. The Bertz CT molecular complexity index is 605. The minimum absolute atomic E-state index is 0.0557. The predicted molar refractivity (Wildman–Crippen MR) is 83.7 cm³/mol. The number of carbonyl (C=O) groups is 1. The van der Waals surface area contributed by atoms with E-state index in [1.54, 1.807) is 0 Å². The molecular formula is C14H21F3N4O2S. The highest BCUT2D eigenvalue weighted by molar-refractivity contribution is 7.15. The molecule has 1 aromatic heterocycles. The van der Waals surface area contributed by atoms with Crippen molar-refractivity contribution in [3.8, 4) is 0 Å². The highest BCUT2D eigenvalue weighted by Crippen LogP contribution is 2.43. The van der Waals surface area contributed by atoms with Crippen LogP contribution in [0.25, 0.3) is 0 Å². The lowest BCUT2D eigenvalue weighted by Crippen LogP contribution is -2.58. The van der Waals surface area contributed by atoms with Crippen molar-refractivity contribution < 1.29 is 23.1 Å². The predicted octanol–water partition coefficient (Wildman–Crippen LogP) is 3.26. The van der Waals surface area contributed by atoms with Crippen LogP contribution in [0.1, 0.15) is 45.0 Å². The van der Waals surface area contributed by atoms with Gasteiger partial charge in [0.25, 0.3) is 0 Å². The van der Waals surface area contributed by atoms with Crippen molar-refractivity contribution in [3.63, 3.8) is 0 Å². The number of urea groups is 1. The summed E-state index contributed by atoms with van der Waals surface area (Å²) >= 11 is 0.255. The standard InChI is InChI=1S/C14H21F3N4O2S/c1-8-4-12(2,3)6-13(5-8,7-22)19-10(23)18-11-21-20-9(24-11)14(15,16)17/h8,22H,4-7H2,1-3H3,(H2,18,19,21,23). The van der Waals surface area contributed by atoms with E-state index in [4.69, 9.17) is 0 Å². The molecule has 2 rings (SSSR count). The van der Waals surface area contributed by atoms with Gasteiger partial charge in [-0.2, -0.15) is 13.2 Å². The minimum atomic E-state index is -4.59. The number of hydrogen-bond acceptors (Lipinski definition) is 5. The van der Waals surface area contributed by atoms with Crippen LogP contribution in [0.2, 0.25) is 0 Å². The van der Waals surface area contributed by atoms with Crippen LogP contribution in [0, 0.1) is 11.3 Å². The number of alkyl halides is 3. The zero-order valence-electron chi connectivity index (χ0n) is 13.7. The maximum atomic E-state index is 12.5. The van der Waals surface area contributed by atoms with E-state index >= 15 is 0 Å². The second kappa shape index (κ2) is 6.47. The first-order valence-electron chi connectivity index (χ1n) is 7.55. The molecule has 0 aromatic carbocycles. The van der Waals surface area contributed by atoms with E-state index in [2.05, 4.69) is 34.7 Å². The Morgan fingerprint density at radius 2 is 2.04 bits per heavy atom. The summed E-state index contributed by atoms with van der Waals surface area (Å²) in [6, 6.07) is -0.696. The molecule has 1 heterocycles. The zero-order chi connectivity index (χ0) is 18.2. The van der Waals surface area contributed by atoms with Crippen LogP contribution >= 0.6 is 11.3 Å². The topological polar surface area (TPSA) is 87.1 Å². The van der Waals surface area contributed by atoms with E-state index in [1.807, 2.05) is 6.92 Å². The number of nitrogens with one attached hydrogen (secondary N) is 2. The van der Waals surface area contributed by atoms with Crippen molar-refractivity contribution in [1.82, 2.24) is 15.5 Å². The van der Waals surface area contributed by atoms with Crippen LogP contribution in [0.15, 0.2) is 0 Å². The quantitative estimate of drug-likeness (QED) is 0.766.